The molecule has 224 valence electrons. The largest absolute Gasteiger partial charge is 0.457 e. The summed E-state index contributed by atoms with van der Waals surface area (Å²) in [5, 5.41) is 6.86. The second kappa shape index (κ2) is 11.3. The first-order valence-corrected chi connectivity index (χ1v) is 15.0. The van der Waals surface area contributed by atoms with Crippen LogP contribution in [0.5, 0.6) is 11.5 Å². The second-order valence-corrected chi connectivity index (χ2v) is 11.7. The predicted molar refractivity (Wildman–Crippen MR) is 176 cm³/mol. The van der Waals surface area contributed by atoms with Crippen LogP contribution in [-0.4, -0.2) is 19.3 Å². The quantitative estimate of drug-likeness (QED) is 0.183. The van der Waals surface area contributed by atoms with Gasteiger partial charge < -0.3 is 4.74 Å². The van der Waals surface area contributed by atoms with Crippen LogP contribution in [0.3, 0.4) is 0 Å². The number of pyridine rings is 1. The molecule has 0 fully saturated rings. The highest BCUT2D eigenvalue weighted by Gasteiger charge is 2.17. The summed E-state index contributed by atoms with van der Waals surface area (Å²) in [6.45, 7) is 8.08. The highest BCUT2D eigenvalue weighted by molar-refractivity contribution is 6.09. The van der Waals surface area contributed by atoms with Gasteiger partial charge in [0.2, 0.25) is 0 Å². The van der Waals surface area contributed by atoms with Gasteiger partial charge in [-0.2, -0.15) is 5.10 Å². The van der Waals surface area contributed by atoms with E-state index in [0.29, 0.717) is 17.4 Å². The number of rotatable bonds is 7. The molecule has 0 bridgehead atoms. The summed E-state index contributed by atoms with van der Waals surface area (Å²) in [4.78, 5) is 4.75. The molecule has 0 radical (unpaired) electrons. The Kier molecular flexibility index (Phi) is 7.16. The highest BCUT2D eigenvalue weighted by Crippen LogP contribution is 2.36. The Bertz CT molecular complexity index is 2170. The van der Waals surface area contributed by atoms with Gasteiger partial charge in [-0.25, -0.2) is 18.4 Å². The minimum atomic E-state index is -2.50. The van der Waals surface area contributed by atoms with Gasteiger partial charge in [0.05, 0.1) is 22.9 Å². The number of alkyl halides is 2. The zero-order valence-corrected chi connectivity index (χ0v) is 25.5. The van der Waals surface area contributed by atoms with Crippen LogP contribution >= 0.6 is 0 Å². The molecule has 7 heteroatoms. The third-order valence-corrected chi connectivity index (χ3v) is 8.31. The van der Waals surface area contributed by atoms with Gasteiger partial charge in [0.25, 0.3) is 6.43 Å². The zero-order chi connectivity index (χ0) is 31.2. The number of hydrogen-bond acceptors (Lipinski definition) is 3. The van der Waals surface area contributed by atoms with E-state index in [0.717, 1.165) is 55.6 Å². The van der Waals surface area contributed by atoms with Crippen LogP contribution in [0.25, 0.3) is 44.4 Å². The van der Waals surface area contributed by atoms with Crippen molar-refractivity contribution in [3.8, 4) is 34.1 Å². The van der Waals surface area contributed by atoms with E-state index >= 15 is 0 Å². The molecule has 0 spiro atoms. The molecule has 0 aliphatic rings. The molecule has 7 rings (SSSR count). The van der Waals surface area contributed by atoms with E-state index in [9.17, 15) is 8.78 Å². The maximum Gasteiger partial charge on any atom is 0.263 e. The summed E-state index contributed by atoms with van der Waals surface area (Å²) >= 11 is 0. The molecule has 45 heavy (non-hydrogen) atoms. The number of halogens is 2. The summed E-state index contributed by atoms with van der Waals surface area (Å²) in [5.74, 6) is 2.63. The van der Waals surface area contributed by atoms with Crippen molar-refractivity contribution in [1.29, 1.82) is 0 Å². The average Bonchev–Trinajstić information content (AvgIpc) is 3.64. The number of fused-ring (bicyclic) bond motifs is 3. The molecule has 0 saturated heterocycles. The lowest BCUT2D eigenvalue weighted by molar-refractivity contribution is 0.151. The lowest BCUT2D eigenvalue weighted by Crippen LogP contribution is -1.99. The summed E-state index contributed by atoms with van der Waals surface area (Å²) in [6, 6.07) is 29.6. The summed E-state index contributed by atoms with van der Waals surface area (Å²) in [7, 11) is 0. The van der Waals surface area contributed by atoms with Crippen LogP contribution in [-0.2, 0) is 0 Å². The van der Waals surface area contributed by atoms with E-state index in [2.05, 4.69) is 72.0 Å². The van der Waals surface area contributed by atoms with E-state index < -0.39 is 6.43 Å². The maximum absolute atomic E-state index is 13.3. The Balaban J connectivity index is 1.23. The molecule has 0 N–H and O–H groups in total. The molecule has 5 nitrogen and oxygen atoms in total. The number of benzene rings is 4. The third kappa shape index (κ3) is 5.24. The molecule has 0 amide bonds. The van der Waals surface area contributed by atoms with Crippen molar-refractivity contribution in [2.24, 2.45) is 0 Å². The zero-order valence-electron chi connectivity index (χ0n) is 25.5. The van der Waals surface area contributed by atoms with Gasteiger partial charge in [0.1, 0.15) is 17.3 Å². The van der Waals surface area contributed by atoms with Gasteiger partial charge >= 0.3 is 0 Å². The van der Waals surface area contributed by atoms with Crippen LogP contribution in [0.1, 0.15) is 48.4 Å². The van der Waals surface area contributed by atoms with E-state index in [1.165, 1.54) is 5.56 Å². The Morgan fingerprint density at radius 2 is 1.49 bits per heavy atom. The standard InChI is InChI=1S/C38H32F2N4O/c1-23(2)26-14-15-41-36(18-26)44-34-11-6-5-10-32(34)33-13-12-31(20-35(33)44)45-30-9-7-8-29(19-30)43-22-28(21-42-43)37-24(3)16-27(38(39)40)17-25(37)4/h5-23,38H,1-4H3. The van der Waals surface area contributed by atoms with E-state index in [1.54, 1.807) is 23.0 Å². The van der Waals surface area contributed by atoms with Crippen LogP contribution < -0.4 is 4.74 Å². The first kappa shape index (κ1) is 28.5. The molecule has 0 saturated carbocycles. The van der Waals surface area contributed by atoms with Crippen LogP contribution in [0.15, 0.2) is 110 Å². The average molecular weight is 599 g/mol. The number of aryl methyl sites for hydroxylation is 2. The Morgan fingerprint density at radius 3 is 2.27 bits per heavy atom. The molecule has 7 aromatic rings. The molecule has 3 aromatic heterocycles. The van der Waals surface area contributed by atoms with Gasteiger partial charge in [-0.15, -0.1) is 0 Å². The van der Waals surface area contributed by atoms with Crippen molar-refractivity contribution in [1.82, 2.24) is 19.3 Å². The fourth-order valence-corrected chi connectivity index (χ4v) is 6.17. The van der Waals surface area contributed by atoms with E-state index in [1.807, 2.05) is 56.6 Å². The van der Waals surface area contributed by atoms with Crippen molar-refractivity contribution in [2.75, 3.05) is 0 Å². The fourth-order valence-electron chi connectivity index (χ4n) is 6.17. The van der Waals surface area contributed by atoms with Gasteiger partial charge in [-0.05, 0) is 96.6 Å². The monoisotopic (exact) mass is 598 g/mol. The first-order chi connectivity index (χ1) is 21.8. The summed E-state index contributed by atoms with van der Waals surface area (Å²) in [5.41, 5.74) is 7.55. The second-order valence-electron chi connectivity index (χ2n) is 11.7. The summed E-state index contributed by atoms with van der Waals surface area (Å²) in [6.07, 6.45) is 3.05. The summed E-state index contributed by atoms with van der Waals surface area (Å²) < 4.78 is 37.0. The van der Waals surface area contributed by atoms with Gasteiger partial charge in [0.15, 0.2) is 0 Å². The van der Waals surface area contributed by atoms with Gasteiger partial charge in [-0.1, -0.05) is 38.1 Å². The van der Waals surface area contributed by atoms with E-state index in [4.69, 9.17) is 9.72 Å². The number of aromatic nitrogens is 4. The van der Waals surface area contributed by atoms with Crippen LogP contribution in [0.4, 0.5) is 8.78 Å². The van der Waals surface area contributed by atoms with Crippen molar-refractivity contribution in [3.05, 3.63) is 132 Å². The Labute approximate surface area is 260 Å². The fraction of sp³-hybridized carbons (Fsp3) is 0.158. The molecule has 0 atom stereocenters. The maximum atomic E-state index is 13.3. The molecular weight excluding hydrogens is 566 g/mol. The molecule has 3 heterocycles. The predicted octanol–water partition coefficient (Wildman–Crippen LogP) is 10.5. The van der Waals surface area contributed by atoms with Gasteiger partial charge in [0, 0.05) is 46.4 Å². The normalized spacial score (nSPS) is 11.7. The Hall–Kier alpha value is -5.30. The lowest BCUT2D eigenvalue weighted by Gasteiger charge is -2.12. The topological polar surface area (TPSA) is 44.9 Å². The molecule has 0 unspecified atom stereocenters. The van der Waals surface area contributed by atoms with Crippen LogP contribution in [0, 0.1) is 13.8 Å². The number of ether oxygens (including phenoxy) is 1. The SMILES string of the molecule is Cc1cc(C(F)F)cc(C)c1-c1cnn(-c2cccc(Oc3ccc4c5ccccc5n(-c5cc(C(C)C)ccn5)c4c3)c2)c1. The van der Waals surface area contributed by atoms with Crippen molar-refractivity contribution in [2.45, 2.75) is 40.0 Å². The smallest absolute Gasteiger partial charge is 0.263 e. The number of hydrogen-bond donors (Lipinski definition) is 0. The van der Waals surface area contributed by atoms with Gasteiger partial charge in [-0.3, -0.25) is 4.57 Å². The molecule has 4 aromatic carbocycles. The number of para-hydroxylation sites is 1. The Morgan fingerprint density at radius 1 is 0.733 bits per heavy atom. The minimum Gasteiger partial charge on any atom is -0.457 e. The van der Waals surface area contributed by atoms with Crippen LogP contribution in [0.2, 0.25) is 0 Å². The molecule has 0 aliphatic heterocycles. The van der Waals surface area contributed by atoms with Crippen molar-refractivity contribution in [3.63, 3.8) is 0 Å². The van der Waals surface area contributed by atoms with E-state index in [-0.39, 0.29) is 5.56 Å². The minimum absolute atomic E-state index is 0.0323. The number of nitrogens with zero attached hydrogens (tertiary/aromatic N) is 4. The molecular formula is C38H32F2N4O. The molecule has 0 aliphatic carbocycles. The lowest BCUT2D eigenvalue weighted by atomic mass is 9.95. The van der Waals surface area contributed by atoms with Crippen molar-refractivity contribution < 1.29 is 13.5 Å². The van der Waals surface area contributed by atoms with Crippen molar-refractivity contribution >= 4 is 21.8 Å². The highest BCUT2D eigenvalue weighted by atomic mass is 19.3. The first-order valence-electron chi connectivity index (χ1n) is 15.0. The third-order valence-electron chi connectivity index (χ3n) is 8.31.